The zero-order valence-electron chi connectivity index (χ0n) is 12.0. The van der Waals surface area contributed by atoms with Crippen molar-refractivity contribution >= 4 is 11.6 Å². The molecule has 1 aromatic rings. The number of hydrogen-bond donors (Lipinski definition) is 1. The van der Waals surface area contributed by atoms with E-state index >= 15 is 0 Å². The lowest BCUT2D eigenvalue weighted by atomic mass is 9.85. The van der Waals surface area contributed by atoms with E-state index in [-0.39, 0.29) is 6.04 Å². The molecule has 0 heterocycles. The Morgan fingerprint density at radius 1 is 1.37 bits per heavy atom. The number of hydrogen-bond acceptors (Lipinski definition) is 2. The maximum atomic E-state index is 6.33. The molecule has 1 fully saturated rings. The third kappa shape index (κ3) is 3.50. The van der Waals surface area contributed by atoms with Gasteiger partial charge in [0.25, 0.3) is 0 Å². The standard InChI is InChI=1S/C16H25ClN2/c1-12-6-5-7-13(10-12)19(2)16(11-18)14-8-3-4-9-15(14)17/h3-4,8-9,12-13,16H,5-7,10-11,18H2,1-2H3. The minimum absolute atomic E-state index is 0.226. The van der Waals surface area contributed by atoms with Crippen LogP contribution in [0.15, 0.2) is 24.3 Å². The van der Waals surface area contributed by atoms with Crippen LogP contribution in [0.4, 0.5) is 0 Å². The monoisotopic (exact) mass is 280 g/mol. The fraction of sp³-hybridized carbons (Fsp3) is 0.625. The van der Waals surface area contributed by atoms with Crippen LogP contribution in [0.2, 0.25) is 5.02 Å². The van der Waals surface area contributed by atoms with Gasteiger partial charge < -0.3 is 5.73 Å². The highest BCUT2D eigenvalue weighted by molar-refractivity contribution is 6.31. The van der Waals surface area contributed by atoms with E-state index in [0.29, 0.717) is 12.6 Å². The van der Waals surface area contributed by atoms with Crippen molar-refractivity contribution in [3.8, 4) is 0 Å². The van der Waals surface area contributed by atoms with E-state index in [9.17, 15) is 0 Å². The van der Waals surface area contributed by atoms with Gasteiger partial charge in [0.05, 0.1) is 0 Å². The van der Waals surface area contributed by atoms with Crippen LogP contribution >= 0.6 is 11.6 Å². The summed E-state index contributed by atoms with van der Waals surface area (Å²) in [7, 11) is 2.20. The predicted octanol–water partition coefficient (Wildman–Crippen LogP) is 3.85. The number of halogens is 1. The van der Waals surface area contributed by atoms with E-state index in [1.165, 1.54) is 25.7 Å². The van der Waals surface area contributed by atoms with Gasteiger partial charge in [-0.15, -0.1) is 0 Å². The number of nitrogens with zero attached hydrogens (tertiary/aromatic N) is 1. The summed E-state index contributed by atoms with van der Waals surface area (Å²) >= 11 is 6.33. The Hall–Kier alpha value is -0.570. The van der Waals surface area contributed by atoms with Crippen LogP contribution in [-0.4, -0.2) is 24.5 Å². The second-order valence-corrected chi connectivity index (χ2v) is 6.27. The Bertz CT molecular complexity index is 407. The summed E-state index contributed by atoms with van der Waals surface area (Å²) in [6.07, 6.45) is 5.25. The summed E-state index contributed by atoms with van der Waals surface area (Å²) in [5.74, 6) is 0.825. The van der Waals surface area contributed by atoms with Crippen molar-refractivity contribution in [3.63, 3.8) is 0 Å². The fourth-order valence-electron chi connectivity index (χ4n) is 3.28. The van der Waals surface area contributed by atoms with Gasteiger partial charge in [0.1, 0.15) is 0 Å². The lowest BCUT2D eigenvalue weighted by Gasteiger charge is -2.39. The van der Waals surface area contributed by atoms with Gasteiger partial charge in [0.2, 0.25) is 0 Å². The molecule has 2 rings (SSSR count). The molecular weight excluding hydrogens is 256 g/mol. The van der Waals surface area contributed by atoms with Crippen molar-refractivity contribution in [1.82, 2.24) is 4.90 Å². The quantitative estimate of drug-likeness (QED) is 0.908. The molecule has 0 amide bonds. The third-order valence-corrected chi connectivity index (χ3v) is 4.81. The Kier molecular flexibility index (Phi) is 5.26. The number of likely N-dealkylation sites (N-methyl/N-ethyl adjacent to an activating group) is 1. The molecule has 1 aliphatic rings. The van der Waals surface area contributed by atoms with Crippen molar-refractivity contribution in [2.24, 2.45) is 11.7 Å². The first kappa shape index (κ1) is 14.8. The molecule has 3 heteroatoms. The van der Waals surface area contributed by atoms with Crippen LogP contribution in [0.3, 0.4) is 0 Å². The van der Waals surface area contributed by atoms with Gasteiger partial charge in [-0.25, -0.2) is 0 Å². The van der Waals surface area contributed by atoms with Crippen molar-refractivity contribution < 1.29 is 0 Å². The van der Waals surface area contributed by atoms with E-state index < -0.39 is 0 Å². The number of nitrogens with two attached hydrogens (primary N) is 1. The Labute approximate surface area is 121 Å². The summed E-state index contributed by atoms with van der Waals surface area (Å²) in [4.78, 5) is 2.44. The first-order valence-electron chi connectivity index (χ1n) is 7.30. The van der Waals surface area contributed by atoms with E-state index in [4.69, 9.17) is 17.3 Å². The second kappa shape index (κ2) is 6.74. The lowest BCUT2D eigenvalue weighted by Crippen LogP contribution is -2.41. The zero-order chi connectivity index (χ0) is 13.8. The Morgan fingerprint density at radius 2 is 2.11 bits per heavy atom. The van der Waals surface area contributed by atoms with Gasteiger partial charge >= 0.3 is 0 Å². The normalized spacial score (nSPS) is 25.5. The SMILES string of the molecule is CC1CCCC(N(C)C(CN)c2ccccc2Cl)C1. The van der Waals surface area contributed by atoms with Crippen molar-refractivity contribution in [2.45, 2.75) is 44.7 Å². The summed E-state index contributed by atoms with van der Waals surface area (Å²) < 4.78 is 0. The Balaban J connectivity index is 2.15. The summed E-state index contributed by atoms with van der Waals surface area (Å²) in [5, 5.41) is 0.827. The van der Waals surface area contributed by atoms with Gasteiger partial charge in [-0.05, 0) is 37.4 Å². The zero-order valence-corrected chi connectivity index (χ0v) is 12.7. The molecule has 2 nitrogen and oxygen atoms in total. The molecule has 1 aromatic carbocycles. The molecule has 1 aliphatic carbocycles. The van der Waals surface area contributed by atoms with E-state index in [1.54, 1.807) is 0 Å². The molecule has 0 radical (unpaired) electrons. The minimum atomic E-state index is 0.226. The molecule has 0 saturated heterocycles. The molecule has 19 heavy (non-hydrogen) atoms. The van der Waals surface area contributed by atoms with Crippen LogP contribution in [-0.2, 0) is 0 Å². The van der Waals surface area contributed by atoms with Crippen LogP contribution in [0.5, 0.6) is 0 Å². The lowest BCUT2D eigenvalue weighted by molar-refractivity contribution is 0.121. The highest BCUT2D eigenvalue weighted by atomic mass is 35.5. The number of benzene rings is 1. The maximum absolute atomic E-state index is 6.33. The largest absolute Gasteiger partial charge is 0.329 e. The average Bonchev–Trinajstić information content (AvgIpc) is 2.41. The molecule has 1 saturated carbocycles. The van der Waals surface area contributed by atoms with Crippen LogP contribution in [0, 0.1) is 5.92 Å². The van der Waals surface area contributed by atoms with Gasteiger partial charge in [0, 0.05) is 23.7 Å². The molecule has 3 unspecified atom stereocenters. The molecule has 0 aromatic heterocycles. The predicted molar refractivity (Wildman–Crippen MR) is 82.4 cm³/mol. The van der Waals surface area contributed by atoms with Crippen LogP contribution < -0.4 is 5.73 Å². The molecule has 0 spiro atoms. The first-order chi connectivity index (χ1) is 9.13. The summed E-state index contributed by atoms with van der Waals surface area (Å²) in [6.45, 7) is 2.97. The topological polar surface area (TPSA) is 29.3 Å². The van der Waals surface area contributed by atoms with E-state index in [2.05, 4.69) is 24.9 Å². The first-order valence-corrected chi connectivity index (χ1v) is 7.67. The fourth-order valence-corrected chi connectivity index (χ4v) is 3.55. The van der Waals surface area contributed by atoms with Gasteiger partial charge in [-0.2, -0.15) is 0 Å². The maximum Gasteiger partial charge on any atom is 0.0485 e. The van der Waals surface area contributed by atoms with Crippen LogP contribution in [0.1, 0.15) is 44.2 Å². The molecule has 0 bridgehead atoms. The smallest absolute Gasteiger partial charge is 0.0485 e. The van der Waals surface area contributed by atoms with Gasteiger partial charge in [-0.1, -0.05) is 49.6 Å². The Morgan fingerprint density at radius 3 is 2.74 bits per heavy atom. The second-order valence-electron chi connectivity index (χ2n) is 5.86. The molecule has 0 aliphatic heterocycles. The van der Waals surface area contributed by atoms with E-state index in [0.717, 1.165) is 16.5 Å². The van der Waals surface area contributed by atoms with Crippen LogP contribution in [0.25, 0.3) is 0 Å². The molecule has 106 valence electrons. The third-order valence-electron chi connectivity index (χ3n) is 4.46. The molecule has 3 atom stereocenters. The average molecular weight is 281 g/mol. The van der Waals surface area contributed by atoms with Crippen molar-refractivity contribution in [3.05, 3.63) is 34.9 Å². The van der Waals surface area contributed by atoms with Crippen molar-refractivity contribution in [2.75, 3.05) is 13.6 Å². The molecule has 2 N–H and O–H groups in total. The minimum Gasteiger partial charge on any atom is -0.329 e. The van der Waals surface area contributed by atoms with Crippen molar-refractivity contribution in [1.29, 1.82) is 0 Å². The highest BCUT2D eigenvalue weighted by Crippen LogP contribution is 2.33. The highest BCUT2D eigenvalue weighted by Gasteiger charge is 2.28. The summed E-state index contributed by atoms with van der Waals surface area (Å²) in [6, 6.07) is 8.93. The van der Waals surface area contributed by atoms with Gasteiger partial charge in [-0.3, -0.25) is 4.90 Å². The van der Waals surface area contributed by atoms with E-state index in [1.807, 2.05) is 18.2 Å². The summed E-state index contributed by atoms with van der Waals surface area (Å²) in [5.41, 5.74) is 7.18. The molecular formula is C16H25ClN2. The number of rotatable bonds is 4. The van der Waals surface area contributed by atoms with Gasteiger partial charge in [0.15, 0.2) is 0 Å².